The summed E-state index contributed by atoms with van der Waals surface area (Å²) in [5.41, 5.74) is 3.44. The summed E-state index contributed by atoms with van der Waals surface area (Å²) in [7, 11) is 0. The number of amides is 1. The minimum Gasteiger partial charge on any atom is -0.341 e. The Balaban J connectivity index is 1.51. The van der Waals surface area contributed by atoms with Crippen LogP contribution in [0.2, 0.25) is 0 Å². The van der Waals surface area contributed by atoms with Crippen molar-refractivity contribution in [3.8, 4) is 5.69 Å². The van der Waals surface area contributed by atoms with Crippen molar-refractivity contribution in [2.75, 3.05) is 5.32 Å². The van der Waals surface area contributed by atoms with E-state index in [2.05, 4.69) is 34.0 Å². The molecule has 0 atom stereocenters. The third kappa shape index (κ3) is 3.28. The smallest absolute Gasteiger partial charge is 0.276 e. The number of hydrogen-bond acceptors (Lipinski definition) is 3. The lowest BCUT2D eigenvalue weighted by atomic mass is 10.1. The number of carbonyl (C=O) groups excluding carboxylic acids is 1. The third-order valence-corrected chi connectivity index (χ3v) is 5.38. The summed E-state index contributed by atoms with van der Waals surface area (Å²) in [6.07, 6.45) is 0. The summed E-state index contributed by atoms with van der Waals surface area (Å²) in [6, 6.07) is 26.0. The van der Waals surface area contributed by atoms with Gasteiger partial charge >= 0.3 is 0 Å². The molecule has 0 unspecified atom stereocenters. The Bertz CT molecular complexity index is 1480. The van der Waals surface area contributed by atoms with Gasteiger partial charge in [0.25, 0.3) is 11.5 Å². The van der Waals surface area contributed by atoms with E-state index in [9.17, 15) is 9.59 Å². The van der Waals surface area contributed by atoms with Gasteiger partial charge in [-0.25, -0.2) is 0 Å². The van der Waals surface area contributed by atoms with Crippen LogP contribution in [0.4, 0.5) is 5.69 Å². The van der Waals surface area contributed by atoms with Gasteiger partial charge in [0.05, 0.1) is 5.69 Å². The Hall–Kier alpha value is -4.19. The molecule has 5 rings (SSSR count). The lowest BCUT2D eigenvalue weighted by Gasteiger charge is -2.08. The summed E-state index contributed by atoms with van der Waals surface area (Å²) in [4.78, 5) is 25.1. The summed E-state index contributed by atoms with van der Waals surface area (Å²) in [5.74, 6) is -0.372. The van der Waals surface area contributed by atoms with E-state index in [4.69, 9.17) is 0 Å². The van der Waals surface area contributed by atoms with Crippen molar-refractivity contribution in [2.24, 2.45) is 0 Å². The number of benzene rings is 3. The molecule has 0 saturated carbocycles. The average molecular weight is 408 g/mol. The quantitative estimate of drug-likeness (QED) is 0.472. The van der Waals surface area contributed by atoms with Crippen molar-refractivity contribution in [1.29, 1.82) is 0 Å². The topological polar surface area (TPSA) is 68.9 Å². The van der Waals surface area contributed by atoms with Gasteiger partial charge in [-0.2, -0.15) is 9.78 Å². The molecule has 0 spiro atoms. The summed E-state index contributed by atoms with van der Waals surface area (Å²) >= 11 is 0. The Morgan fingerprint density at radius 3 is 2.42 bits per heavy atom. The molecular weight excluding hydrogens is 388 g/mol. The molecule has 0 saturated heterocycles. The van der Waals surface area contributed by atoms with Gasteiger partial charge in [0.2, 0.25) is 0 Å². The molecule has 1 amide bonds. The molecule has 1 N–H and O–H groups in total. The number of aromatic nitrogens is 3. The molecule has 0 aliphatic carbocycles. The molecule has 3 aromatic carbocycles. The second-order valence-corrected chi connectivity index (χ2v) is 7.25. The Morgan fingerprint density at radius 2 is 1.61 bits per heavy atom. The number of carbonyl (C=O) groups is 1. The molecular formula is C25H20N4O2. The fourth-order valence-electron chi connectivity index (χ4n) is 3.95. The number of rotatable bonds is 4. The van der Waals surface area contributed by atoms with E-state index in [-0.39, 0.29) is 17.2 Å². The third-order valence-electron chi connectivity index (χ3n) is 5.38. The minimum absolute atomic E-state index is 0.166. The van der Waals surface area contributed by atoms with Crippen LogP contribution >= 0.6 is 0 Å². The van der Waals surface area contributed by atoms with E-state index >= 15 is 0 Å². The number of fused-ring (bicyclic) bond motifs is 3. The zero-order valence-electron chi connectivity index (χ0n) is 16.9. The summed E-state index contributed by atoms with van der Waals surface area (Å²) < 4.78 is 3.49. The maximum atomic E-state index is 12.9. The highest BCUT2D eigenvalue weighted by Crippen LogP contribution is 2.31. The van der Waals surface area contributed by atoms with Gasteiger partial charge in [0.1, 0.15) is 5.69 Å². The molecule has 31 heavy (non-hydrogen) atoms. The maximum absolute atomic E-state index is 12.9. The Morgan fingerprint density at radius 1 is 0.871 bits per heavy atom. The molecule has 2 heterocycles. The zero-order chi connectivity index (χ0) is 21.4. The lowest BCUT2D eigenvalue weighted by molar-refractivity contribution is 0.102. The number of hydrogen-bond donors (Lipinski definition) is 1. The van der Waals surface area contributed by atoms with Crippen LogP contribution in [0, 0.1) is 0 Å². The van der Waals surface area contributed by atoms with Crippen LogP contribution in [-0.2, 0) is 6.54 Å². The first-order valence-electron chi connectivity index (χ1n) is 10.1. The van der Waals surface area contributed by atoms with Crippen molar-refractivity contribution in [2.45, 2.75) is 13.5 Å². The fourth-order valence-corrected chi connectivity index (χ4v) is 3.95. The molecule has 0 fully saturated rings. The molecule has 6 heteroatoms. The van der Waals surface area contributed by atoms with Crippen molar-refractivity contribution in [3.63, 3.8) is 0 Å². The molecule has 5 aromatic rings. The molecule has 0 radical (unpaired) electrons. The van der Waals surface area contributed by atoms with E-state index < -0.39 is 0 Å². The zero-order valence-corrected chi connectivity index (χ0v) is 16.9. The van der Waals surface area contributed by atoms with Crippen LogP contribution in [-0.4, -0.2) is 20.3 Å². The van der Waals surface area contributed by atoms with Gasteiger partial charge in [0, 0.05) is 40.1 Å². The van der Waals surface area contributed by atoms with Crippen LogP contribution < -0.4 is 10.9 Å². The van der Waals surface area contributed by atoms with Crippen molar-refractivity contribution in [1.82, 2.24) is 14.3 Å². The molecule has 0 bridgehead atoms. The first-order valence-corrected chi connectivity index (χ1v) is 10.1. The molecule has 0 aliphatic heterocycles. The maximum Gasteiger partial charge on any atom is 0.276 e. The highest BCUT2D eigenvalue weighted by Gasteiger charge is 2.13. The molecule has 6 nitrogen and oxygen atoms in total. The highest BCUT2D eigenvalue weighted by molar-refractivity contribution is 6.10. The lowest BCUT2D eigenvalue weighted by Crippen LogP contribution is -2.24. The number of nitrogens with one attached hydrogen (secondary N) is 1. The largest absolute Gasteiger partial charge is 0.341 e. The van der Waals surface area contributed by atoms with Gasteiger partial charge in [-0.05, 0) is 49.4 Å². The predicted octanol–water partition coefficient (Wildman–Crippen LogP) is 4.61. The monoisotopic (exact) mass is 408 g/mol. The van der Waals surface area contributed by atoms with E-state index in [0.29, 0.717) is 11.4 Å². The van der Waals surface area contributed by atoms with Gasteiger partial charge in [0.15, 0.2) is 0 Å². The number of para-hydroxylation sites is 2. The first-order chi connectivity index (χ1) is 15.2. The number of aryl methyl sites for hydroxylation is 1. The van der Waals surface area contributed by atoms with Gasteiger partial charge in [-0.3, -0.25) is 9.59 Å². The van der Waals surface area contributed by atoms with E-state index in [0.717, 1.165) is 22.8 Å². The normalized spacial score (nSPS) is 11.1. The minimum atomic E-state index is -0.372. The van der Waals surface area contributed by atoms with Gasteiger partial charge in [-0.15, -0.1) is 0 Å². The summed E-state index contributed by atoms with van der Waals surface area (Å²) in [6.45, 7) is 2.98. The predicted molar refractivity (Wildman–Crippen MR) is 123 cm³/mol. The van der Waals surface area contributed by atoms with Gasteiger partial charge < -0.3 is 9.88 Å². The van der Waals surface area contributed by atoms with Crippen LogP contribution in [0.3, 0.4) is 0 Å². The molecule has 152 valence electrons. The number of anilines is 1. The summed E-state index contributed by atoms with van der Waals surface area (Å²) in [5, 5.41) is 9.40. The van der Waals surface area contributed by atoms with Crippen molar-refractivity contribution < 1.29 is 4.79 Å². The standard InChI is InChI=1S/C25H20N4O2/c1-2-28-22-11-7-6-10-19(22)20-16-17(12-14-23(20)28)26-25(31)21-13-15-24(30)29(27-21)18-8-4-3-5-9-18/h3-16H,2H2,1H3,(H,26,31). The molecule has 0 aliphatic rings. The van der Waals surface area contributed by atoms with Crippen LogP contribution in [0.5, 0.6) is 0 Å². The Labute approximate surface area is 178 Å². The van der Waals surface area contributed by atoms with E-state index in [1.54, 1.807) is 12.1 Å². The second kappa shape index (κ2) is 7.57. The van der Waals surface area contributed by atoms with Crippen LogP contribution in [0.1, 0.15) is 17.4 Å². The van der Waals surface area contributed by atoms with E-state index in [1.165, 1.54) is 22.3 Å². The van der Waals surface area contributed by atoms with Gasteiger partial charge in [-0.1, -0.05) is 36.4 Å². The fraction of sp³-hybridized carbons (Fsp3) is 0.0800. The van der Waals surface area contributed by atoms with E-state index in [1.807, 2.05) is 48.5 Å². The Kier molecular flexibility index (Phi) is 4.59. The van der Waals surface area contributed by atoms with Crippen LogP contribution in [0.25, 0.3) is 27.5 Å². The van der Waals surface area contributed by atoms with Crippen LogP contribution in [0.15, 0.2) is 89.7 Å². The van der Waals surface area contributed by atoms with Crippen molar-refractivity contribution >= 4 is 33.4 Å². The second-order valence-electron chi connectivity index (χ2n) is 7.25. The number of nitrogens with zero attached hydrogens (tertiary/aromatic N) is 3. The average Bonchev–Trinajstić information content (AvgIpc) is 3.13. The SMILES string of the molecule is CCn1c2ccccc2c2cc(NC(=O)c3ccc(=O)n(-c4ccccc4)n3)ccc21. The van der Waals surface area contributed by atoms with Crippen molar-refractivity contribution in [3.05, 3.63) is 101 Å². The highest BCUT2D eigenvalue weighted by atomic mass is 16.2. The molecule has 2 aromatic heterocycles. The first kappa shape index (κ1) is 18.8.